The van der Waals surface area contributed by atoms with Gasteiger partial charge in [-0.05, 0) is 18.4 Å². The Bertz CT molecular complexity index is 406. The molecule has 0 aromatic heterocycles. The number of benzene rings is 1. The van der Waals surface area contributed by atoms with Crippen LogP contribution in [0.3, 0.4) is 0 Å². The van der Waals surface area contributed by atoms with Gasteiger partial charge in [-0.1, -0.05) is 37.3 Å². The van der Waals surface area contributed by atoms with E-state index in [1.807, 2.05) is 37.3 Å². The highest BCUT2D eigenvalue weighted by Gasteiger charge is 2.14. The van der Waals surface area contributed by atoms with Crippen molar-refractivity contribution in [1.82, 2.24) is 10.6 Å². The molecule has 1 unspecified atom stereocenters. The van der Waals surface area contributed by atoms with Crippen LogP contribution in [-0.4, -0.2) is 29.7 Å². The van der Waals surface area contributed by atoms with E-state index in [1.165, 1.54) is 6.92 Å². The second-order valence-electron chi connectivity index (χ2n) is 4.23. The van der Waals surface area contributed by atoms with Crippen molar-refractivity contribution < 1.29 is 14.7 Å². The van der Waals surface area contributed by atoms with Crippen LogP contribution >= 0.6 is 0 Å². The standard InChI is InChI=1S/C13H18N2O3/c1-9(11-6-4-3-5-7-11)8-14-13(18)15-10(2)12(16)17/h3-7,9-10H,8H2,1-2H3,(H,16,17)(H2,14,15,18)/t9?,10-/m1/s1. The van der Waals surface area contributed by atoms with Crippen molar-refractivity contribution in [3.63, 3.8) is 0 Å². The first-order chi connectivity index (χ1) is 8.50. The van der Waals surface area contributed by atoms with Gasteiger partial charge in [-0.3, -0.25) is 4.79 Å². The predicted octanol–water partition coefficient (Wildman–Crippen LogP) is 1.56. The molecule has 0 aliphatic rings. The molecule has 18 heavy (non-hydrogen) atoms. The Morgan fingerprint density at radius 2 is 1.83 bits per heavy atom. The Hall–Kier alpha value is -2.04. The predicted molar refractivity (Wildman–Crippen MR) is 68.5 cm³/mol. The van der Waals surface area contributed by atoms with Crippen molar-refractivity contribution in [3.8, 4) is 0 Å². The Kier molecular flexibility index (Phi) is 5.17. The smallest absolute Gasteiger partial charge is 0.325 e. The summed E-state index contributed by atoms with van der Waals surface area (Å²) in [5, 5.41) is 13.6. The quantitative estimate of drug-likeness (QED) is 0.742. The maximum atomic E-state index is 11.4. The highest BCUT2D eigenvalue weighted by molar-refractivity contribution is 5.82. The van der Waals surface area contributed by atoms with Gasteiger partial charge < -0.3 is 15.7 Å². The van der Waals surface area contributed by atoms with E-state index in [9.17, 15) is 9.59 Å². The molecule has 0 saturated heterocycles. The van der Waals surface area contributed by atoms with Crippen molar-refractivity contribution in [1.29, 1.82) is 0 Å². The first-order valence-electron chi connectivity index (χ1n) is 5.83. The summed E-state index contributed by atoms with van der Waals surface area (Å²) >= 11 is 0. The zero-order chi connectivity index (χ0) is 13.5. The van der Waals surface area contributed by atoms with E-state index in [0.717, 1.165) is 5.56 Å². The summed E-state index contributed by atoms with van der Waals surface area (Å²) in [5.74, 6) is -0.877. The molecule has 5 heteroatoms. The third kappa shape index (κ3) is 4.45. The lowest BCUT2D eigenvalue weighted by atomic mass is 10.0. The minimum absolute atomic E-state index is 0.178. The molecular weight excluding hydrogens is 232 g/mol. The summed E-state index contributed by atoms with van der Waals surface area (Å²) in [4.78, 5) is 22.0. The molecule has 0 spiro atoms. The zero-order valence-corrected chi connectivity index (χ0v) is 10.5. The van der Waals surface area contributed by atoms with Gasteiger partial charge in [0.05, 0.1) is 0 Å². The average molecular weight is 250 g/mol. The molecule has 0 bridgehead atoms. The maximum absolute atomic E-state index is 11.4. The van der Waals surface area contributed by atoms with E-state index in [0.29, 0.717) is 6.54 Å². The number of carboxylic acid groups (broad SMARTS) is 1. The van der Waals surface area contributed by atoms with Crippen molar-refractivity contribution in [2.24, 2.45) is 0 Å². The molecular formula is C13H18N2O3. The second-order valence-corrected chi connectivity index (χ2v) is 4.23. The second kappa shape index (κ2) is 6.64. The number of hydrogen-bond acceptors (Lipinski definition) is 2. The summed E-state index contributed by atoms with van der Waals surface area (Å²) in [6, 6.07) is 8.44. The lowest BCUT2D eigenvalue weighted by molar-refractivity contribution is -0.138. The summed E-state index contributed by atoms with van der Waals surface area (Å²) in [7, 11) is 0. The van der Waals surface area contributed by atoms with Gasteiger partial charge in [-0.15, -0.1) is 0 Å². The van der Waals surface area contributed by atoms with Crippen LogP contribution in [0.2, 0.25) is 0 Å². The van der Waals surface area contributed by atoms with Crippen LogP contribution in [0.15, 0.2) is 30.3 Å². The van der Waals surface area contributed by atoms with E-state index in [-0.39, 0.29) is 5.92 Å². The minimum Gasteiger partial charge on any atom is -0.480 e. The van der Waals surface area contributed by atoms with Crippen LogP contribution in [-0.2, 0) is 4.79 Å². The van der Waals surface area contributed by atoms with E-state index >= 15 is 0 Å². The number of nitrogens with one attached hydrogen (secondary N) is 2. The van der Waals surface area contributed by atoms with E-state index in [1.54, 1.807) is 0 Å². The zero-order valence-electron chi connectivity index (χ0n) is 10.5. The summed E-state index contributed by atoms with van der Waals surface area (Å²) in [5.41, 5.74) is 1.13. The third-order valence-corrected chi connectivity index (χ3v) is 2.66. The lowest BCUT2D eigenvalue weighted by Crippen LogP contribution is -2.45. The number of carbonyl (C=O) groups excluding carboxylic acids is 1. The van der Waals surface area contributed by atoms with Crippen LogP contribution in [0.4, 0.5) is 4.79 Å². The van der Waals surface area contributed by atoms with Crippen molar-refractivity contribution in [2.75, 3.05) is 6.54 Å². The highest BCUT2D eigenvalue weighted by atomic mass is 16.4. The number of hydrogen-bond donors (Lipinski definition) is 3. The Balaban J connectivity index is 2.37. The molecule has 0 radical (unpaired) electrons. The van der Waals surface area contributed by atoms with Crippen LogP contribution in [0, 0.1) is 0 Å². The third-order valence-electron chi connectivity index (χ3n) is 2.66. The number of carbonyl (C=O) groups is 2. The molecule has 0 aliphatic carbocycles. The fraction of sp³-hybridized carbons (Fsp3) is 0.385. The molecule has 1 rings (SSSR count). The van der Waals surface area contributed by atoms with Crippen LogP contribution < -0.4 is 10.6 Å². The summed E-state index contributed by atoms with van der Waals surface area (Å²) < 4.78 is 0. The molecule has 0 fully saturated rings. The van der Waals surface area contributed by atoms with Gasteiger partial charge in [0.25, 0.3) is 0 Å². The first-order valence-corrected chi connectivity index (χ1v) is 5.83. The molecule has 2 amide bonds. The normalized spacial score (nSPS) is 13.4. The molecule has 5 nitrogen and oxygen atoms in total. The summed E-state index contributed by atoms with van der Waals surface area (Å²) in [6.45, 7) is 3.88. The van der Waals surface area contributed by atoms with Gasteiger partial charge in [-0.2, -0.15) is 0 Å². The Morgan fingerprint density at radius 1 is 1.22 bits per heavy atom. The minimum atomic E-state index is -1.05. The Labute approximate surface area is 106 Å². The van der Waals surface area contributed by atoms with Crippen LogP contribution in [0.25, 0.3) is 0 Å². The first kappa shape index (κ1) is 14.0. The number of rotatable bonds is 5. The van der Waals surface area contributed by atoms with Gasteiger partial charge in [0.1, 0.15) is 6.04 Å². The van der Waals surface area contributed by atoms with Crippen LogP contribution in [0.5, 0.6) is 0 Å². The van der Waals surface area contributed by atoms with Crippen LogP contribution in [0.1, 0.15) is 25.3 Å². The van der Waals surface area contributed by atoms with Gasteiger partial charge in [-0.25, -0.2) is 4.79 Å². The largest absolute Gasteiger partial charge is 0.480 e. The number of urea groups is 1. The highest BCUT2D eigenvalue weighted by Crippen LogP contribution is 2.12. The molecule has 1 aromatic rings. The fourth-order valence-electron chi connectivity index (χ4n) is 1.45. The van der Waals surface area contributed by atoms with Gasteiger partial charge >= 0.3 is 12.0 Å². The van der Waals surface area contributed by atoms with E-state index < -0.39 is 18.0 Å². The van der Waals surface area contributed by atoms with Crippen molar-refractivity contribution in [2.45, 2.75) is 25.8 Å². The fourth-order valence-corrected chi connectivity index (χ4v) is 1.45. The van der Waals surface area contributed by atoms with E-state index in [2.05, 4.69) is 10.6 Å². The topological polar surface area (TPSA) is 78.4 Å². The molecule has 1 aromatic carbocycles. The van der Waals surface area contributed by atoms with E-state index in [4.69, 9.17) is 5.11 Å². The van der Waals surface area contributed by atoms with Gasteiger partial charge in [0.2, 0.25) is 0 Å². The SMILES string of the molecule is CC(CNC(=O)N[C@H](C)C(=O)O)c1ccccc1. The number of carboxylic acids is 1. The molecule has 3 N–H and O–H groups in total. The monoisotopic (exact) mass is 250 g/mol. The molecule has 0 aliphatic heterocycles. The summed E-state index contributed by atoms with van der Waals surface area (Å²) in [6.07, 6.45) is 0. The lowest BCUT2D eigenvalue weighted by Gasteiger charge is -2.15. The molecule has 0 saturated carbocycles. The van der Waals surface area contributed by atoms with Crippen molar-refractivity contribution >= 4 is 12.0 Å². The number of amides is 2. The average Bonchev–Trinajstić information content (AvgIpc) is 2.36. The molecule has 98 valence electrons. The van der Waals surface area contributed by atoms with Gasteiger partial charge in [0.15, 0.2) is 0 Å². The molecule has 0 heterocycles. The van der Waals surface area contributed by atoms with Crippen molar-refractivity contribution in [3.05, 3.63) is 35.9 Å². The molecule has 2 atom stereocenters. The maximum Gasteiger partial charge on any atom is 0.325 e. The Morgan fingerprint density at radius 3 is 2.39 bits per heavy atom. The van der Waals surface area contributed by atoms with Gasteiger partial charge in [0, 0.05) is 6.54 Å². The number of aliphatic carboxylic acids is 1.